The van der Waals surface area contributed by atoms with Crippen LogP contribution in [0.2, 0.25) is 0 Å². The Morgan fingerprint density at radius 3 is 2.88 bits per heavy atom. The molecular weight excluding hydrogens is 228 g/mol. The predicted octanol–water partition coefficient (Wildman–Crippen LogP) is 1.38. The summed E-state index contributed by atoms with van der Waals surface area (Å²) in [6.07, 6.45) is -0.538. The molecule has 1 unspecified atom stereocenters. The van der Waals surface area contributed by atoms with Gasteiger partial charge in [0.1, 0.15) is 12.4 Å². The number of nitrogens with one attached hydrogen (secondary N) is 1. The summed E-state index contributed by atoms with van der Waals surface area (Å²) in [6, 6.07) is 3.80. The summed E-state index contributed by atoms with van der Waals surface area (Å²) >= 11 is 0. The van der Waals surface area contributed by atoms with E-state index in [1.165, 1.54) is 25.3 Å². The molecule has 17 heavy (non-hydrogen) atoms. The van der Waals surface area contributed by atoms with Crippen LogP contribution >= 0.6 is 0 Å². The van der Waals surface area contributed by atoms with Crippen LogP contribution in [0.25, 0.3) is 0 Å². The molecule has 1 fully saturated rings. The van der Waals surface area contributed by atoms with Gasteiger partial charge >= 0.3 is 6.09 Å². The third-order valence-electron chi connectivity index (χ3n) is 2.47. The molecular formula is C10H10N2O5. The molecule has 7 heteroatoms. The number of cyclic esters (lactones) is 1. The smallest absolute Gasteiger partial charge is 0.407 e. The van der Waals surface area contributed by atoms with Crippen LogP contribution in [0.15, 0.2) is 18.2 Å². The van der Waals surface area contributed by atoms with E-state index in [-0.39, 0.29) is 12.3 Å². The average molecular weight is 238 g/mol. The van der Waals surface area contributed by atoms with Crippen molar-refractivity contribution < 1.29 is 19.2 Å². The minimum atomic E-state index is -0.538. The van der Waals surface area contributed by atoms with Crippen LogP contribution in [-0.2, 0) is 4.74 Å². The Hall–Kier alpha value is -2.31. The number of alkyl carbamates (subject to hydrolysis) is 1. The topological polar surface area (TPSA) is 90.7 Å². The molecule has 0 radical (unpaired) electrons. The maximum Gasteiger partial charge on any atom is 0.407 e. The summed E-state index contributed by atoms with van der Waals surface area (Å²) in [4.78, 5) is 21.1. The quantitative estimate of drug-likeness (QED) is 0.634. The van der Waals surface area contributed by atoms with Gasteiger partial charge in [-0.05, 0) is 6.07 Å². The Bertz CT molecular complexity index is 474. The Kier molecular flexibility index (Phi) is 2.82. The second-order valence-electron chi connectivity index (χ2n) is 3.48. The van der Waals surface area contributed by atoms with E-state index in [1.54, 1.807) is 0 Å². The third kappa shape index (κ3) is 2.12. The zero-order valence-corrected chi connectivity index (χ0v) is 9.00. The molecule has 0 aliphatic carbocycles. The number of nitro benzene ring substituents is 1. The molecule has 1 amide bonds. The average Bonchev–Trinajstić information content (AvgIpc) is 2.74. The fourth-order valence-corrected chi connectivity index (χ4v) is 1.66. The zero-order chi connectivity index (χ0) is 12.4. The first-order valence-electron chi connectivity index (χ1n) is 4.87. The number of hydrogen-bond acceptors (Lipinski definition) is 5. The van der Waals surface area contributed by atoms with Gasteiger partial charge in [-0.15, -0.1) is 0 Å². The van der Waals surface area contributed by atoms with Crippen LogP contribution in [0.1, 0.15) is 11.6 Å². The Morgan fingerprint density at radius 2 is 2.35 bits per heavy atom. The molecule has 1 saturated heterocycles. The molecule has 1 aliphatic heterocycles. The molecule has 7 nitrogen and oxygen atoms in total. The van der Waals surface area contributed by atoms with Crippen molar-refractivity contribution in [2.45, 2.75) is 6.04 Å². The highest BCUT2D eigenvalue weighted by Gasteiger charge is 2.27. The molecule has 0 bridgehead atoms. The van der Waals surface area contributed by atoms with Crippen molar-refractivity contribution in [1.82, 2.24) is 5.32 Å². The van der Waals surface area contributed by atoms with Crippen molar-refractivity contribution >= 4 is 11.8 Å². The highest BCUT2D eigenvalue weighted by atomic mass is 16.6. The summed E-state index contributed by atoms with van der Waals surface area (Å²) in [5.74, 6) is 0.478. The fraction of sp³-hybridized carbons (Fsp3) is 0.300. The Balaban J connectivity index is 2.38. The first-order valence-corrected chi connectivity index (χ1v) is 4.87. The van der Waals surface area contributed by atoms with Crippen LogP contribution in [0, 0.1) is 10.1 Å². The fourth-order valence-electron chi connectivity index (χ4n) is 1.66. The van der Waals surface area contributed by atoms with E-state index < -0.39 is 17.1 Å². The number of amides is 1. The van der Waals surface area contributed by atoms with Crippen LogP contribution < -0.4 is 10.1 Å². The lowest BCUT2D eigenvalue weighted by molar-refractivity contribution is -0.385. The lowest BCUT2D eigenvalue weighted by Crippen LogP contribution is -2.19. The molecule has 0 saturated carbocycles. The van der Waals surface area contributed by atoms with E-state index in [4.69, 9.17) is 9.47 Å². The number of ether oxygens (including phenoxy) is 2. The van der Waals surface area contributed by atoms with Crippen LogP contribution in [0.3, 0.4) is 0 Å². The SMILES string of the molecule is COc1ccc([N+](=O)[O-])cc1C1COC(=O)N1. The molecule has 1 aromatic carbocycles. The van der Waals surface area contributed by atoms with E-state index in [2.05, 4.69) is 5.32 Å². The van der Waals surface area contributed by atoms with Crippen molar-refractivity contribution in [3.8, 4) is 5.75 Å². The van der Waals surface area contributed by atoms with E-state index in [0.29, 0.717) is 11.3 Å². The molecule has 1 heterocycles. The minimum Gasteiger partial charge on any atom is -0.496 e. The molecule has 1 aromatic rings. The van der Waals surface area contributed by atoms with Crippen molar-refractivity contribution in [1.29, 1.82) is 0 Å². The van der Waals surface area contributed by atoms with Gasteiger partial charge in [0.2, 0.25) is 0 Å². The number of benzene rings is 1. The monoisotopic (exact) mass is 238 g/mol. The summed E-state index contributed by atoms with van der Waals surface area (Å²) in [6.45, 7) is 0.135. The van der Waals surface area contributed by atoms with Crippen molar-refractivity contribution in [3.63, 3.8) is 0 Å². The number of methoxy groups -OCH3 is 1. The zero-order valence-electron chi connectivity index (χ0n) is 9.00. The van der Waals surface area contributed by atoms with Gasteiger partial charge < -0.3 is 14.8 Å². The van der Waals surface area contributed by atoms with Gasteiger partial charge in [-0.25, -0.2) is 4.79 Å². The Labute approximate surface area is 96.5 Å². The highest BCUT2D eigenvalue weighted by Crippen LogP contribution is 2.31. The summed E-state index contributed by atoms with van der Waals surface area (Å²) < 4.78 is 9.84. The van der Waals surface area contributed by atoms with E-state index >= 15 is 0 Å². The molecule has 1 aliphatic rings. The number of non-ortho nitro benzene ring substituents is 1. The largest absolute Gasteiger partial charge is 0.496 e. The number of hydrogen-bond donors (Lipinski definition) is 1. The number of nitrogens with zero attached hydrogens (tertiary/aromatic N) is 1. The summed E-state index contributed by atoms with van der Waals surface area (Å²) in [5, 5.41) is 13.2. The molecule has 1 atom stereocenters. The van der Waals surface area contributed by atoms with Crippen LogP contribution in [0.4, 0.5) is 10.5 Å². The normalized spacial score (nSPS) is 18.4. The van der Waals surface area contributed by atoms with Gasteiger partial charge in [-0.1, -0.05) is 0 Å². The van der Waals surface area contributed by atoms with E-state index in [1.807, 2.05) is 0 Å². The van der Waals surface area contributed by atoms with Crippen molar-refractivity contribution in [3.05, 3.63) is 33.9 Å². The number of carbonyl (C=O) groups excluding carboxylic acids is 1. The number of rotatable bonds is 3. The molecule has 0 aromatic heterocycles. The van der Waals surface area contributed by atoms with Gasteiger partial charge in [-0.2, -0.15) is 0 Å². The van der Waals surface area contributed by atoms with Gasteiger partial charge in [0, 0.05) is 17.7 Å². The first-order chi connectivity index (χ1) is 8.11. The molecule has 0 spiro atoms. The maximum absolute atomic E-state index is 10.9. The van der Waals surface area contributed by atoms with Gasteiger partial charge in [0.05, 0.1) is 18.1 Å². The lowest BCUT2D eigenvalue weighted by Gasteiger charge is -2.12. The third-order valence-corrected chi connectivity index (χ3v) is 2.47. The minimum absolute atomic E-state index is 0.0538. The van der Waals surface area contributed by atoms with E-state index in [9.17, 15) is 14.9 Å². The van der Waals surface area contributed by atoms with Gasteiger partial charge in [-0.3, -0.25) is 10.1 Å². The predicted molar refractivity (Wildman–Crippen MR) is 56.9 cm³/mol. The van der Waals surface area contributed by atoms with Crippen LogP contribution in [-0.4, -0.2) is 24.7 Å². The summed E-state index contributed by atoms with van der Waals surface area (Å²) in [5.41, 5.74) is 0.481. The standard InChI is InChI=1S/C10H10N2O5/c1-16-9-3-2-6(12(14)15)4-7(9)8-5-17-10(13)11-8/h2-4,8H,5H2,1H3,(H,11,13). The lowest BCUT2D eigenvalue weighted by atomic mass is 10.1. The second-order valence-corrected chi connectivity index (χ2v) is 3.48. The van der Waals surface area contributed by atoms with E-state index in [0.717, 1.165) is 0 Å². The highest BCUT2D eigenvalue weighted by molar-refractivity contribution is 5.70. The molecule has 1 N–H and O–H groups in total. The second kappa shape index (κ2) is 4.28. The van der Waals surface area contributed by atoms with Crippen molar-refractivity contribution in [2.24, 2.45) is 0 Å². The summed E-state index contributed by atoms with van der Waals surface area (Å²) in [7, 11) is 1.46. The number of carbonyl (C=O) groups is 1. The molecule has 2 rings (SSSR count). The van der Waals surface area contributed by atoms with Gasteiger partial charge in [0.15, 0.2) is 0 Å². The van der Waals surface area contributed by atoms with Gasteiger partial charge in [0.25, 0.3) is 5.69 Å². The van der Waals surface area contributed by atoms with Crippen LogP contribution in [0.5, 0.6) is 5.75 Å². The number of nitro groups is 1. The Morgan fingerprint density at radius 1 is 1.59 bits per heavy atom. The first kappa shape index (κ1) is 11.2. The van der Waals surface area contributed by atoms with Crippen molar-refractivity contribution in [2.75, 3.05) is 13.7 Å². The molecule has 90 valence electrons. The maximum atomic E-state index is 10.9.